The Morgan fingerprint density at radius 1 is 1.22 bits per heavy atom. The lowest BCUT2D eigenvalue weighted by Crippen LogP contribution is -2.31. The quantitative estimate of drug-likeness (QED) is 0.891. The highest BCUT2D eigenvalue weighted by Crippen LogP contribution is 2.27. The van der Waals surface area contributed by atoms with Gasteiger partial charge in [-0.05, 0) is 43.7 Å². The minimum atomic E-state index is 0.210. The lowest BCUT2D eigenvalue weighted by molar-refractivity contribution is -0.119. The second-order valence-corrected chi connectivity index (χ2v) is 5.27. The molecule has 0 atom stereocenters. The first-order chi connectivity index (χ1) is 8.66. The van der Waals surface area contributed by atoms with E-state index in [2.05, 4.69) is 0 Å². The Morgan fingerprint density at radius 2 is 1.83 bits per heavy atom. The van der Waals surface area contributed by atoms with Crippen molar-refractivity contribution in [1.82, 2.24) is 0 Å². The third-order valence-corrected chi connectivity index (χ3v) is 3.87. The molecular formula is C15H22N2O. The van der Waals surface area contributed by atoms with Crippen molar-refractivity contribution < 1.29 is 4.79 Å². The van der Waals surface area contributed by atoms with Gasteiger partial charge in [0.1, 0.15) is 0 Å². The van der Waals surface area contributed by atoms with Crippen LogP contribution in [0.1, 0.15) is 32.1 Å². The molecule has 0 radical (unpaired) electrons. The van der Waals surface area contributed by atoms with Crippen LogP contribution in [0.15, 0.2) is 30.3 Å². The van der Waals surface area contributed by atoms with Crippen LogP contribution in [-0.4, -0.2) is 19.0 Å². The van der Waals surface area contributed by atoms with Crippen LogP contribution in [0.4, 0.5) is 5.69 Å². The van der Waals surface area contributed by atoms with Crippen molar-refractivity contribution in [2.45, 2.75) is 38.1 Å². The Balaban J connectivity index is 1.88. The molecule has 98 valence electrons. The second-order valence-electron chi connectivity index (χ2n) is 5.27. The van der Waals surface area contributed by atoms with Gasteiger partial charge in [0.05, 0.1) is 0 Å². The first-order valence-corrected chi connectivity index (χ1v) is 6.74. The number of anilines is 1. The molecule has 1 aromatic rings. The van der Waals surface area contributed by atoms with E-state index in [1.807, 2.05) is 37.4 Å². The molecule has 3 nitrogen and oxygen atoms in total. The Hall–Kier alpha value is -1.35. The molecule has 0 aromatic heterocycles. The number of para-hydroxylation sites is 1. The lowest BCUT2D eigenvalue weighted by atomic mass is 9.84. The minimum absolute atomic E-state index is 0.210. The zero-order valence-corrected chi connectivity index (χ0v) is 11.0. The summed E-state index contributed by atoms with van der Waals surface area (Å²) in [5, 5.41) is 0. The summed E-state index contributed by atoms with van der Waals surface area (Å²) in [5.41, 5.74) is 6.85. The molecular weight excluding hydrogens is 224 g/mol. The van der Waals surface area contributed by atoms with E-state index in [1.54, 1.807) is 4.90 Å². The summed E-state index contributed by atoms with van der Waals surface area (Å²) in [7, 11) is 1.85. The van der Waals surface area contributed by atoms with Crippen molar-refractivity contribution in [3.05, 3.63) is 30.3 Å². The normalized spacial score (nSPS) is 23.7. The number of nitrogens with zero attached hydrogens (tertiary/aromatic N) is 1. The second kappa shape index (κ2) is 6.01. The van der Waals surface area contributed by atoms with Gasteiger partial charge in [-0.2, -0.15) is 0 Å². The van der Waals surface area contributed by atoms with E-state index >= 15 is 0 Å². The molecule has 18 heavy (non-hydrogen) atoms. The predicted octanol–water partition coefficient (Wildman–Crippen LogP) is 2.56. The summed E-state index contributed by atoms with van der Waals surface area (Å²) in [5.74, 6) is 0.727. The van der Waals surface area contributed by atoms with Crippen molar-refractivity contribution >= 4 is 11.6 Å². The monoisotopic (exact) mass is 246 g/mol. The molecule has 0 unspecified atom stereocenters. The van der Waals surface area contributed by atoms with E-state index in [1.165, 1.54) is 0 Å². The van der Waals surface area contributed by atoms with Gasteiger partial charge >= 0.3 is 0 Å². The van der Waals surface area contributed by atoms with E-state index in [0.29, 0.717) is 18.4 Å². The van der Waals surface area contributed by atoms with Gasteiger partial charge in [0.2, 0.25) is 5.91 Å². The van der Waals surface area contributed by atoms with E-state index in [4.69, 9.17) is 5.73 Å². The number of hydrogen-bond acceptors (Lipinski definition) is 2. The summed E-state index contributed by atoms with van der Waals surface area (Å²) in [4.78, 5) is 13.9. The summed E-state index contributed by atoms with van der Waals surface area (Å²) in [6.07, 6.45) is 4.96. The van der Waals surface area contributed by atoms with E-state index < -0.39 is 0 Å². The number of carbonyl (C=O) groups is 1. The van der Waals surface area contributed by atoms with Gasteiger partial charge < -0.3 is 10.6 Å². The lowest BCUT2D eigenvalue weighted by Gasteiger charge is -2.27. The van der Waals surface area contributed by atoms with Gasteiger partial charge in [0.25, 0.3) is 0 Å². The van der Waals surface area contributed by atoms with Crippen molar-refractivity contribution in [2.75, 3.05) is 11.9 Å². The first kappa shape index (κ1) is 13.1. The van der Waals surface area contributed by atoms with Crippen LogP contribution in [0.2, 0.25) is 0 Å². The van der Waals surface area contributed by atoms with Gasteiger partial charge in [-0.1, -0.05) is 18.2 Å². The highest BCUT2D eigenvalue weighted by Gasteiger charge is 2.22. The Morgan fingerprint density at radius 3 is 2.44 bits per heavy atom. The fourth-order valence-corrected chi connectivity index (χ4v) is 2.57. The molecule has 3 heteroatoms. The van der Waals surface area contributed by atoms with Crippen molar-refractivity contribution in [1.29, 1.82) is 0 Å². The first-order valence-electron chi connectivity index (χ1n) is 6.74. The maximum Gasteiger partial charge on any atom is 0.226 e. The Kier molecular flexibility index (Phi) is 4.37. The largest absolute Gasteiger partial charge is 0.328 e. The number of nitrogens with two attached hydrogens (primary N) is 1. The maximum atomic E-state index is 12.2. The van der Waals surface area contributed by atoms with Crippen LogP contribution in [0.3, 0.4) is 0 Å². The molecule has 2 rings (SSSR count). The van der Waals surface area contributed by atoms with Gasteiger partial charge in [0.15, 0.2) is 0 Å². The number of benzene rings is 1. The van der Waals surface area contributed by atoms with Gasteiger partial charge in [-0.25, -0.2) is 0 Å². The Labute approximate surface area is 109 Å². The molecule has 1 fully saturated rings. The smallest absolute Gasteiger partial charge is 0.226 e. The zero-order chi connectivity index (χ0) is 13.0. The molecule has 0 heterocycles. The van der Waals surface area contributed by atoms with Crippen LogP contribution >= 0.6 is 0 Å². The Bertz CT molecular complexity index is 383. The topological polar surface area (TPSA) is 46.3 Å². The van der Waals surface area contributed by atoms with Crippen molar-refractivity contribution in [2.24, 2.45) is 11.7 Å². The van der Waals surface area contributed by atoms with Crippen LogP contribution < -0.4 is 10.6 Å². The molecule has 0 bridgehead atoms. The minimum Gasteiger partial charge on any atom is -0.328 e. The molecule has 0 saturated heterocycles. The van der Waals surface area contributed by atoms with Crippen molar-refractivity contribution in [3.8, 4) is 0 Å². The third-order valence-electron chi connectivity index (χ3n) is 3.87. The zero-order valence-electron chi connectivity index (χ0n) is 11.0. The van der Waals surface area contributed by atoms with E-state index in [0.717, 1.165) is 31.4 Å². The van der Waals surface area contributed by atoms with Gasteiger partial charge in [-0.3, -0.25) is 4.79 Å². The van der Waals surface area contributed by atoms with Gasteiger partial charge in [0, 0.05) is 25.2 Å². The predicted molar refractivity (Wildman–Crippen MR) is 74.4 cm³/mol. The average molecular weight is 246 g/mol. The number of carbonyl (C=O) groups excluding carboxylic acids is 1. The molecule has 0 aliphatic heterocycles. The van der Waals surface area contributed by atoms with Crippen LogP contribution in [0.25, 0.3) is 0 Å². The molecule has 1 aliphatic rings. The SMILES string of the molecule is CN(C(=O)CC1CCC(N)CC1)c1ccccc1. The van der Waals surface area contributed by atoms with Crippen LogP contribution in [0, 0.1) is 5.92 Å². The molecule has 1 aromatic carbocycles. The maximum absolute atomic E-state index is 12.2. The van der Waals surface area contributed by atoms with E-state index in [-0.39, 0.29) is 5.91 Å². The number of rotatable bonds is 3. The molecule has 1 saturated carbocycles. The summed E-state index contributed by atoms with van der Waals surface area (Å²) in [6.45, 7) is 0. The summed E-state index contributed by atoms with van der Waals surface area (Å²) < 4.78 is 0. The third kappa shape index (κ3) is 3.33. The number of hydrogen-bond donors (Lipinski definition) is 1. The van der Waals surface area contributed by atoms with Crippen molar-refractivity contribution in [3.63, 3.8) is 0 Å². The average Bonchev–Trinajstić information content (AvgIpc) is 2.41. The summed E-state index contributed by atoms with van der Waals surface area (Å²) >= 11 is 0. The fraction of sp³-hybridized carbons (Fsp3) is 0.533. The van der Waals surface area contributed by atoms with E-state index in [9.17, 15) is 4.79 Å². The molecule has 2 N–H and O–H groups in total. The molecule has 1 amide bonds. The molecule has 1 aliphatic carbocycles. The van der Waals surface area contributed by atoms with Crippen LogP contribution in [-0.2, 0) is 4.79 Å². The van der Waals surface area contributed by atoms with Crippen LogP contribution in [0.5, 0.6) is 0 Å². The molecule has 0 spiro atoms. The highest BCUT2D eigenvalue weighted by atomic mass is 16.2. The highest BCUT2D eigenvalue weighted by molar-refractivity contribution is 5.92. The summed E-state index contributed by atoms with van der Waals surface area (Å²) in [6, 6.07) is 10.2. The van der Waals surface area contributed by atoms with Gasteiger partial charge in [-0.15, -0.1) is 0 Å². The fourth-order valence-electron chi connectivity index (χ4n) is 2.57. The standard InChI is InChI=1S/C15H22N2O/c1-17(14-5-3-2-4-6-14)15(18)11-12-7-9-13(16)10-8-12/h2-6,12-13H,7-11,16H2,1H3. The number of amides is 1.